The van der Waals surface area contributed by atoms with Crippen LogP contribution in [0.2, 0.25) is 0 Å². The number of rotatable bonds is 7. The largest absolute Gasteiger partial charge is 0.460 e. The summed E-state index contributed by atoms with van der Waals surface area (Å²) in [5.74, 6) is -2.97. The molecule has 1 spiro atoms. The highest BCUT2D eigenvalue weighted by Crippen LogP contribution is 2.53. The van der Waals surface area contributed by atoms with Crippen molar-refractivity contribution in [2.45, 2.75) is 89.2 Å². The van der Waals surface area contributed by atoms with Crippen LogP contribution >= 0.6 is 0 Å². The van der Waals surface area contributed by atoms with Crippen LogP contribution in [0.1, 0.15) is 59.3 Å². The Bertz CT molecular complexity index is 979. The number of likely N-dealkylation sites (tertiary alicyclic amines) is 1. The van der Waals surface area contributed by atoms with E-state index in [0.29, 0.717) is 32.4 Å². The molecule has 6 atom stereocenters. The number of amides is 3. The molecule has 2 fully saturated rings. The molecule has 4 heterocycles. The van der Waals surface area contributed by atoms with Crippen LogP contribution < -0.4 is 5.32 Å². The average molecular weight is 532 g/mol. The fourth-order valence-corrected chi connectivity index (χ4v) is 6.13. The zero-order valence-corrected chi connectivity index (χ0v) is 22.6. The summed E-state index contributed by atoms with van der Waals surface area (Å²) in [6.07, 6.45) is 9.67. The zero-order valence-electron chi connectivity index (χ0n) is 22.6. The van der Waals surface area contributed by atoms with E-state index in [1.54, 1.807) is 28.9 Å². The van der Waals surface area contributed by atoms with E-state index in [4.69, 9.17) is 14.6 Å². The molecule has 2 saturated heterocycles. The van der Waals surface area contributed by atoms with E-state index in [-0.39, 0.29) is 43.3 Å². The van der Waals surface area contributed by atoms with Gasteiger partial charge in [-0.15, -0.1) is 0 Å². The fourth-order valence-electron chi connectivity index (χ4n) is 6.13. The van der Waals surface area contributed by atoms with Crippen molar-refractivity contribution in [1.29, 1.82) is 0 Å². The number of aliphatic hydroxyl groups excluding tert-OH is 1. The van der Waals surface area contributed by atoms with Gasteiger partial charge in [0.25, 0.3) is 0 Å². The summed E-state index contributed by atoms with van der Waals surface area (Å²) in [7, 11) is 0. The summed E-state index contributed by atoms with van der Waals surface area (Å²) in [5, 5.41) is 11.9. The third-order valence-corrected chi connectivity index (χ3v) is 8.00. The van der Waals surface area contributed by atoms with Crippen LogP contribution in [0, 0.1) is 11.8 Å². The molecule has 4 aliphatic heterocycles. The Hall–Kier alpha value is -2.72. The molecule has 0 bridgehead atoms. The van der Waals surface area contributed by atoms with Crippen molar-refractivity contribution in [1.82, 2.24) is 15.1 Å². The molecule has 2 N–H and O–H groups in total. The van der Waals surface area contributed by atoms with Gasteiger partial charge in [-0.05, 0) is 40.0 Å². The molecule has 0 aromatic heterocycles. The summed E-state index contributed by atoms with van der Waals surface area (Å²) < 4.78 is 12.3. The lowest BCUT2D eigenvalue weighted by molar-refractivity contribution is -0.158. The number of carbonyl (C=O) groups is 4. The standard InChI is InChI=1S/C28H41N3O7/c1-18(2)30-15-10-13-28-23(25(34)31(24(28)26(30)35)14-8-4-5-9-16-32)22-20(38-28)11-6-7-12-21(33)29-17-19(3)37-27(22)36/h6,10-11,13,18-20,22-24,32H,4-5,7-9,12,14-17H2,1-3H3,(H,29,33)/b11-6-/t19-,20-,22+,23+,24-,28+/m1/s1. The Morgan fingerprint density at radius 1 is 1.11 bits per heavy atom. The van der Waals surface area contributed by atoms with Gasteiger partial charge in [0.05, 0.1) is 18.6 Å². The highest BCUT2D eigenvalue weighted by Gasteiger charge is 2.71. The van der Waals surface area contributed by atoms with Gasteiger partial charge in [-0.1, -0.05) is 37.1 Å². The van der Waals surface area contributed by atoms with E-state index in [0.717, 1.165) is 12.8 Å². The number of aliphatic hydroxyl groups is 1. The highest BCUT2D eigenvalue weighted by molar-refractivity contribution is 5.99. The number of esters is 1. The molecule has 0 aromatic carbocycles. The van der Waals surface area contributed by atoms with Crippen molar-refractivity contribution in [3.05, 3.63) is 24.3 Å². The molecule has 10 heteroatoms. The minimum atomic E-state index is -1.29. The highest BCUT2D eigenvalue weighted by atomic mass is 16.6. The lowest BCUT2D eigenvalue weighted by atomic mass is 9.78. The topological polar surface area (TPSA) is 125 Å². The van der Waals surface area contributed by atoms with Crippen LogP contribution in [0.25, 0.3) is 0 Å². The maximum atomic E-state index is 14.1. The molecule has 10 nitrogen and oxygen atoms in total. The SMILES string of the molecule is CC(C)N1CC=C[C@]23O[C@@H]4/C=C\CCC(=O)NC[C@@H](C)OC(=O)[C@@H]4[C@H]2C(=O)N(CCCCCCO)[C@@H]3C1=O. The van der Waals surface area contributed by atoms with Crippen LogP contribution in [-0.4, -0.2) is 94.7 Å². The monoisotopic (exact) mass is 531 g/mol. The van der Waals surface area contributed by atoms with Crippen LogP contribution in [-0.2, 0) is 28.7 Å². The third kappa shape index (κ3) is 5.38. The van der Waals surface area contributed by atoms with E-state index >= 15 is 0 Å². The summed E-state index contributed by atoms with van der Waals surface area (Å²) in [4.78, 5) is 57.1. The number of carbonyl (C=O) groups excluding carboxylic acids is 4. The Labute approximate surface area is 224 Å². The van der Waals surface area contributed by atoms with Gasteiger partial charge in [-0.25, -0.2) is 0 Å². The minimum Gasteiger partial charge on any atom is -0.460 e. The van der Waals surface area contributed by atoms with Crippen LogP contribution in [0.15, 0.2) is 24.3 Å². The third-order valence-electron chi connectivity index (χ3n) is 8.00. The molecule has 0 aromatic rings. The summed E-state index contributed by atoms with van der Waals surface area (Å²) in [6.45, 7) is 6.65. The predicted octanol–water partition coefficient (Wildman–Crippen LogP) is 1.32. The summed E-state index contributed by atoms with van der Waals surface area (Å²) >= 11 is 0. The second kappa shape index (κ2) is 12.0. The number of cyclic esters (lactones) is 1. The molecule has 38 heavy (non-hydrogen) atoms. The van der Waals surface area contributed by atoms with Gasteiger partial charge < -0.3 is 29.7 Å². The number of hydrogen-bond donors (Lipinski definition) is 2. The van der Waals surface area contributed by atoms with Crippen molar-refractivity contribution in [2.75, 3.05) is 26.2 Å². The summed E-state index contributed by atoms with van der Waals surface area (Å²) in [5.41, 5.74) is -1.29. The van der Waals surface area contributed by atoms with Gasteiger partial charge in [0, 0.05) is 32.2 Å². The van der Waals surface area contributed by atoms with Crippen LogP contribution in [0.5, 0.6) is 0 Å². The van der Waals surface area contributed by atoms with E-state index in [1.807, 2.05) is 26.0 Å². The molecule has 0 aliphatic carbocycles. The molecule has 0 saturated carbocycles. The second-order valence-electron chi connectivity index (χ2n) is 11.0. The predicted molar refractivity (Wildman–Crippen MR) is 139 cm³/mol. The van der Waals surface area contributed by atoms with E-state index in [2.05, 4.69) is 5.32 Å². The smallest absolute Gasteiger partial charge is 0.313 e. The second-order valence-corrected chi connectivity index (χ2v) is 11.0. The number of unbranched alkanes of at least 4 members (excludes halogenated alkanes) is 3. The molecule has 210 valence electrons. The van der Waals surface area contributed by atoms with Gasteiger partial charge in [0.15, 0.2) is 0 Å². The Morgan fingerprint density at radius 3 is 2.61 bits per heavy atom. The maximum absolute atomic E-state index is 14.1. The van der Waals surface area contributed by atoms with Crippen molar-refractivity contribution >= 4 is 23.7 Å². The number of nitrogens with zero attached hydrogens (tertiary/aromatic N) is 2. The number of ether oxygens (including phenoxy) is 2. The van der Waals surface area contributed by atoms with Gasteiger partial charge >= 0.3 is 5.97 Å². The first-order valence-corrected chi connectivity index (χ1v) is 13.9. The van der Waals surface area contributed by atoms with Gasteiger partial charge in [-0.2, -0.15) is 0 Å². The first-order valence-electron chi connectivity index (χ1n) is 13.9. The number of hydrogen-bond acceptors (Lipinski definition) is 7. The fraction of sp³-hybridized carbons (Fsp3) is 0.714. The molecule has 0 radical (unpaired) electrons. The zero-order chi connectivity index (χ0) is 27.4. The lowest BCUT2D eigenvalue weighted by Crippen LogP contribution is -2.56. The summed E-state index contributed by atoms with van der Waals surface area (Å²) in [6, 6.07) is -0.961. The molecular formula is C28H41N3O7. The average Bonchev–Trinajstić information content (AvgIpc) is 3.24. The normalized spacial score (nSPS) is 34.6. The van der Waals surface area contributed by atoms with Crippen molar-refractivity contribution < 1.29 is 33.8 Å². The number of allylic oxidation sites excluding steroid dienone is 1. The van der Waals surface area contributed by atoms with E-state index < -0.39 is 41.7 Å². The molecular weight excluding hydrogens is 490 g/mol. The number of fused-ring (bicyclic) bond motifs is 2. The van der Waals surface area contributed by atoms with Crippen LogP contribution in [0.4, 0.5) is 0 Å². The maximum Gasteiger partial charge on any atom is 0.313 e. The van der Waals surface area contributed by atoms with Crippen molar-refractivity contribution in [2.24, 2.45) is 11.8 Å². The number of nitrogens with one attached hydrogen (secondary N) is 1. The molecule has 0 unspecified atom stereocenters. The lowest BCUT2D eigenvalue weighted by Gasteiger charge is -2.36. The van der Waals surface area contributed by atoms with Crippen molar-refractivity contribution in [3.8, 4) is 0 Å². The van der Waals surface area contributed by atoms with Gasteiger partial charge in [0.2, 0.25) is 17.7 Å². The first kappa shape index (κ1) is 28.3. The Balaban J connectivity index is 1.72. The first-order chi connectivity index (χ1) is 18.2. The van der Waals surface area contributed by atoms with E-state index in [1.165, 1.54) is 0 Å². The van der Waals surface area contributed by atoms with Crippen LogP contribution in [0.3, 0.4) is 0 Å². The Kier molecular flexibility index (Phi) is 8.92. The quantitative estimate of drug-likeness (QED) is 0.288. The molecule has 3 amide bonds. The minimum absolute atomic E-state index is 0.0757. The van der Waals surface area contributed by atoms with Crippen molar-refractivity contribution in [3.63, 3.8) is 0 Å². The Morgan fingerprint density at radius 2 is 1.87 bits per heavy atom. The van der Waals surface area contributed by atoms with Gasteiger partial charge in [-0.3, -0.25) is 19.2 Å². The van der Waals surface area contributed by atoms with E-state index in [9.17, 15) is 19.2 Å². The molecule has 4 aliphatic rings. The van der Waals surface area contributed by atoms with Gasteiger partial charge in [0.1, 0.15) is 23.7 Å². The molecule has 4 rings (SSSR count).